The number of unbranched alkanes of at least 4 members (excludes halogenated alkanes) is 10. The number of allylic oxidation sites excluding steroid dienone is 14. The number of nitrogens with zero attached hydrogens (tertiary/aromatic N) is 1. The number of quaternary nitrogens is 1. The molecule has 0 aromatic heterocycles. The zero-order chi connectivity index (χ0) is 41.4. The number of likely N-dealkylation sites (N-methyl/N-ethyl adjacent to an activating group) is 1. The number of hydrogen-bond donors (Lipinski definition) is 0. The average molecular weight is 782 g/mol. The minimum absolute atomic E-state index is 0.0130. The third-order valence-corrected chi connectivity index (χ3v) is 9.04. The van der Waals surface area contributed by atoms with Gasteiger partial charge in [-0.15, -0.1) is 0 Å². The van der Waals surface area contributed by atoms with Gasteiger partial charge in [0.15, 0.2) is 6.10 Å². The van der Waals surface area contributed by atoms with Crippen LogP contribution in [-0.4, -0.2) is 75.5 Å². The van der Waals surface area contributed by atoms with Gasteiger partial charge in [0.25, 0.3) is 0 Å². The van der Waals surface area contributed by atoms with E-state index in [0.717, 1.165) is 77.0 Å². The lowest BCUT2D eigenvalue weighted by Gasteiger charge is -2.34. The number of carboxylic acid groups (broad SMARTS) is 1. The largest absolute Gasteiger partial charge is 0.544 e. The van der Waals surface area contributed by atoms with E-state index in [1.165, 1.54) is 32.1 Å². The fourth-order valence-electron chi connectivity index (χ4n) is 5.68. The molecule has 0 aliphatic rings. The summed E-state index contributed by atoms with van der Waals surface area (Å²) in [5, 5.41) is 11.6. The van der Waals surface area contributed by atoms with Crippen molar-refractivity contribution in [1.82, 2.24) is 0 Å². The second kappa shape index (κ2) is 38.4. The van der Waals surface area contributed by atoms with Gasteiger partial charge in [0.1, 0.15) is 12.6 Å². The quantitative estimate of drug-likeness (QED) is 0.0203. The van der Waals surface area contributed by atoms with E-state index < -0.39 is 18.1 Å². The predicted octanol–water partition coefficient (Wildman–Crippen LogP) is 10.4. The summed E-state index contributed by atoms with van der Waals surface area (Å²) in [5.74, 6) is -1.84. The van der Waals surface area contributed by atoms with Crippen LogP contribution < -0.4 is 5.11 Å². The van der Waals surface area contributed by atoms with Gasteiger partial charge in [-0.3, -0.25) is 9.59 Å². The highest BCUT2D eigenvalue weighted by molar-refractivity contribution is 5.70. The lowest BCUT2D eigenvalue weighted by molar-refractivity contribution is -0.889. The highest BCUT2D eigenvalue weighted by Crippen LogP contribution is 2.12. The minimum atomic E-state index is -1.14. The number of carbonyl (C=O) groups excluding carboxylic acids is 3. The van der Waals surface area contributed by atoms with E-state index in [0.29, 0.717) is 12.8 Å². The Labute approximate surface area is 342 Å². The lowest BCUT2D eigenvalue weighted by atomic mass is 10.1. The van der Waals surface area contributed by atoms with Crippen LogP contribution in [0.3, 0.4) is 0 Å². The van der Waals surface area contributed by atoms with Crippen molar-refractivity contribution in [2.75, 3.05) is 41.0 Å². The Morgan fingerprint density at radius 3 is 1.62 bits per heavy atom. The lowest BCUT2D eigenvalue weighted by Crippen LogP contribution is -2.55. The van der Waals surface area contributed by atoms with Crippen molar-refractivity contribution < 1.29 is 38.2 Å². The summed E-state index contributed by atoms with van der Waals surface area (Å²) in [5.41, 5.74) is 0. The third kappa shape index (κ3) is 36.2. The van der Waals surface area contributed by atoms with Crippen molar-refractivity contribution in [3.05, 3.63) is 85.1 Å². The van der Waals surface area contributed by atoms with E-state index in [4.69, 9.17) is 14.2 Å². The van der Waals surface area contributed by atoms with Crippen LogP contribution in [0.4, 0.5) is 0 Å². The first kappa shape index (κ1) is 52.5. The number of rotatable bonds is 37. The van der Waals surface area contributed by atoms with E-state index in [1.54, 1.807) is 21.1 Å². The normalized spacial score (nSPS) is 13.8. The molecule has 0 aliphatic heterocycles. The van der Waals surface area contributed by atoms with Crippen molar-refractivity contribution in [3.63, 3.8) is 0 Å². The minimum Gasteiger partial charge on any atom is -0.544 e. The van der Waals surface area contributed by atoms with Crippen LogP contribution in [0.25, 0.3) is 0 Å². The molecule has 318 valence electrons. The maximum Gasteiger partial charge on any atom is 0.306 e. The van der Waals surface area contributed by atoms with Crippen LogP contribution >= 0.6 is 0 Å². The van der Waals surface area contributed by atoms with Crippen LogP contribution in [0.15, 0.2) is 85.1 Å². The summed E-state index contributed by atoms with van der Waals surface area (Å²) >= 11 is 0. The first-order chi connectivity index (χ1) is 27.1. The van der Waals surface area contributed by atoms with Gasteiger partial charge in [0, 0.05) is 19.3 Å². The molecule has 56 heavy (non-hydrogen) atoms. The smallest absolute Gasteiger partial charge is 0.306 e. The number of carboxylic acids is 1. The molecule has 0 saturated heterocycles. The van der Waals surface area contributed by atoms with Gasteiger partial charge >= 0.3 is 11.9 Å². The van der Waals surface area contributed by atoms with Gasteiger partial charge in [-0.2, -0.15) is 0 Å². The van der Waals surface area contributed by atoms with Crippen molar-refractivity contribution in [1.29, 1.82) is 0 Å². The molecule has 0 aromatic carbocycles. The molecule has 0 bridgehead atoms. The molecule has 0 radical (unpaired) electrons. The summed E-state index contributed by atoms with van der Waals surface area (Å²) < 4.78 is 17.1. The molecule has 0 spiro atoms. The van der Waals surface area contributed by atoms with Crippen LogP contribution in [-0.2, 0) is 28.6 Å². The average Bonchev–Trinajstić information content (AvgIpc) is 3.15. The molecule has 0 rings (SSSR count). The molecule has 0 N–H and O–H groups in total. The number of ether oxygens (including phenoxy) is 3. The fourth-order valence-corrected chi connectivity index (χ4v) is 5.68. The van der Waals surface area contributed by atoms with Crippen LogP contribution in [0.1, 0.15) is 149 Å². The Hall–Kier alpha value is -3.49. The van der Waals surface area contributed by atoms with E-state index in [9.17, 15) is 19.5 Å². The zero-order valence-corrected chi connectivity index (χ0v) is 36.0. The summed E-state index contributed by atoms with van der Waals surface area (Å²) in [6.45, 7) is 4.42. The second-order valence-electron chi connectivity index (χ2n) is 15.2. The SMILES string of the molecule is CC/C=C/C/C=C/C/C=C/C/C=C/C/C=C/CCCC(=O)OCC(COCCC(C(=O)[O-])[N+](C)(C)C)OC(=O)CCCCCCCC/C=C/C=C/CCCCC. The van der Waals surface area contributed by atoms with Gasteiger partial charge in [0.05, 0.1) is 40.3 Å². The van der Waals surface area contributed by atoms with Gasteiger partial charge in [-0.05, 0) is 77.0 Å². The summed E-state index contributed by atoms with van der Waals surface area (Å²) in [4.78, 5) is 36.8. The van der Waals surface area contributed by atoms with Crippen molar-refractivity contribution >= 4 is 17.9 Å². The van der Waals surface area contributed by atoms with Gasteiger partial charge in [0.2, 0.25) is 0 Å². The Balaban J connectivity index is 4.49. The molecule has 0 aliphatic carbocycles. The Morgan fingerprint density at radius 2 is 1.07 bits per heavy atom. The van der Waals surface area contributed by atoms with Crippen LogP contribution in [0.2, 0.25) is 0 Å². The Bertz CT molecular complexity index is 1190. The summed E-state index contributed by atoms with van der Waals surface area (Å²) in [6.07, 6.45) is 49.0. The monoisotopic (exact) mass is 782 g/mol. The summed E-state index contributed by atoms with van der Waals surface area (Å²) in [7, 11) is 5.37. The third-order valence-electron chi connectivity index (χ3n) is 9.04. The van der Waals surface area contributed by atoms with E-state index in [2.05, 4.69) is 98.9 Å². The second-order valence-corrected chi connectivity index (χ2v) is 15.2. The molecular weight excluding hydrogens is 703 g/mol. The molecule has 2 unspecified atom stereocenters. The number of carbonyl (C=O) groups is 3. The Kier molecular flexibility index (Phi) is 36.0. The summed E-state index contributed by atoms with van der Waals surface area (Å²) in [6, 6.07) is -0.740. The number of aliphatic carboxylic acids is 1. The van der Waals surface area contributed by atoms with E-state index in [-0.39, 0.29) is 49.1 Å². The van der Waals surface area contributed by atoms with Crippen LogP contribution in [0.5, 0.6) is 0 Å². The molecule has 0 heterocycles. The molecule has 8 nitrogen and oxygen atoms in total. The van der Waals surface area contributed by atoms with Crippen LogP contribution in [0, 0.1) is 0 Å². The number of esters is 2. The van der Waals surface area contributed by atoms with Gasteiger partial charge in [-0.1, -0.05) is 137 Å². The van der Waals surface area contributed by atoms with Crippen molar-refractivity contribution in [2.24, 2.45) is 0 Å². The molecule has 0 amide bonds. The molecule has 0 aromatic rings. The first-order valence-corrected chi connectivity index (χ1v) is 21.6. The maximum absolute atomic E-state index is 12.7. The highest BCUT2D eigenvalue weighted by Gasteiger charge is 2.25. The Morgan fingerprint density at radius 1 is 0.571 bits per heavy atom. The van der Waals surface area contributed by atoms with Crippen molar-refractivity contribution in [2.45, 2.75) is 161 Å². The fraction of sp³-hybridized carbons (Fsp3) is 0.646. The molecule has 0 saturated carbocycles. The van der Waals surface area contributed by atoms with E-state index in [1.807, 2.05) is 0 Å². The van der Waals surface area contributed by atoms with Gasteiger partial charge in [-0.25, -0.2) is 0 Å². The topological polar surface area (TPSA) is 102 Å². The van der Waals surface area contributed by atoms with Gasteiger partial charge < -0.3 is 28.6 Å². The van der Waals surface area contributed by atoms with Crippen molar-refractivity contribution in [3.8, 4) is 0 Å². The molecule has 8 heteroatoms. The van der Waals surface area contributed by atoms with E-state index >= 15 is 0 Å². The molecule has 2 atom stereocenters. The zero-order valence-electron chi connectivity index (χ0n) is 36.0. The standard InChI is InChI=1S/C48H79NO7/c1-6-8-10-12-14-16-18-20-22-23-25-26-28-30-32-34-36-38-46(50)55-43-44(42-54-41-40-45(48(52)53)49(3,4)5)56-47(51)39-37-35-33-31-29-27-24-21-19-17-15-13-11-9-7-2/h8,10,14-17,19-22,25-26,30,32,44-45H,6-7,9,11-13,18,23-24,27-29,31,33-43H2,1-5H3/b10-8+,16-14+,17-15+,21-19+,22-20+,26-25+,32-30+. The maximum atomic E-state index is 12.7. The first-order valence-electron chi connectivity index (χ1n) is 21.6. The molecular formula is C48H79NO7. The number of hydrogen-bond acceptors (Lipinski definition) is 7. The molecule has 0 fully saturated rings. The predicted molar refractivity (Wildman–Crippen MR) is 231 cm³/mol. The highest BCUT2D eigenvalue weighted by atomic mass is 16.6.